The molecule has 0 aromatic carbocycles. The average molecular weight is 236 g/mol. The zero-order chi connectivity index (χ0) is 11.2. The number of aromatic nitrogens is 1. The van der Waals surface area contributed by atoms with Gasteiger partial charge in [0.05, 0.1) is 0 Å². The second-order valence-electron chi connectivity index (χ2n) is 4.31. The van der Waals surface area contributed by atoms with Crippen molar-refractivity contribution in [1.82, 2.24) is 4.98 Å². The lowest BCUT2D eigenvalue weighted by molar-refractivity contribution is 0.750. The third-order valence-electron chi connectivity index (χ3n) is 3.00. The molecule has 0 aliphatic heterocycles. The van der Waals surface area contributed by atoms with Crippen molar-refractivity contribution in [2.75, 3.05) is 11.1 Å². The molecule has 0 amide bonds. The minimum absolute atomic E-state index is 0.654. The van der Waals surface area contributed by atoms with Crippen LogP contribution in [0.15, 0.2) is 18.3 Å². The van der Waals surface area contributed by atoms with Gasteiger partial charge in [-0.3, -0.25) is 0 Å². The van der Waals surface area contributed by atoms with Gasteiger partial charge in [0.1, 0.15) is 5.82 Å². The highest BCUT2D eigenvalue weighted by atomic mass is 32.2. The minimum atomic E-state index is 0.654. The van der Waals surface area contributed by atoms with Crippen LogP contribution in [0.2, 0.25) is 0 Å². The zero-order valence-corrected chi connectivity index (χ0v) is 10.7. The number of anilines is 1. The van der Waals surface area contributed by atoms with Gasteiger partial charge in [-0.2, -0.15) is 11.8 Å². The van der Waals surface area contributed by atoms with E-state index < -0.39 is 0 Å². The lowest BCUT2D eigenvalue weighted by Crippen LogP contribution is -2.15. The summed E-state index contributed by atoms with van der Waals surface area (Å²) in [6.07, 6.45) is 7.25. The van der Waals surface area contributed by atoms with Gasteiger partial charge in [0.2, 0.25) is 0 Å². The number of hydrogen-bond acceptors (Lipinski definition) is 3. The van der Waals surface area contributed by atoms with E-state index in [0.717, 1.165) is 11.6 Å². The Balaban J connectivity index is 1.92. The smallest absolute Gasteiger partial charge is 0.126 e. The first kappa shape index (κ1) is 11.8. The number of hydrogen-bond donors (Lipinski definition) is 1. The summed E-state index contributed by atoms with van der Waals surface area (Å²) in [5.41, 5.74) is 1.38. The highest BCUT2D eigenvalue weighted by Crippen LogP contribution is 2.22. The molecule has 16 heavy (non-hydrogen) atoms. The van der Waals surface area contributed by atoms with Crippen molar-refractivity contribution in [3.05, 3.63) is 23.9 Å². The Kier molecular flexibility index (Phi) is 4.52. The van der Waals surface area contributed by atoms with Crippen molar-refractivity contribution in [3.8, 4) is 0 Å². The molecule has 2 rings (SSSR count). The van der Waals surface area contributed by atoms with Crippen LogP contribution in [0, 0.1) is 0 Å². The molecule has 88 valence electrons. The van der Waals surface area contributed by atoms with Crippen molar-refractivity contribution >= 4 is 17.6 Å². The van der Waals surface area contributed by atoms with Crippen LogP contribution in [0.3, 0.4) is 0 Å². The Hall–Kier alpha value is -0.700. The number of thioether (sulfide) groups is 1. The first-order valence-electron chi connectivity index (χ1n) is 6.17. The summed E-state index contributed by atoms with van der Waals surface area (Å²) in [6, 6.07) is 4.96. The van der Waals surface area contributed by atoms with Crippen molar-refractivity contribution < 1.29 is 0 Å². The summed E-state index contributed by atoms with van der Waals surface area (Å²) in [5.74, 6) is 3.33. The number of nitrogens with zero attached hydrogens (tertiary/aromatic N) is 1. The molecule has 1 heterocycles. The molecule has 0 saturated heterocycles. The summed E-state index contributed by atoms with van der Waals surface area (Å²) >= 11 is 1.96. The maximum Gasteiger partial charge on any atom is 0.126 e. The molecule has 1 aliphatic carbocycles. The van der Waals surface area contributed by atoms with Gasteiger partial charge < -0.3 is 5.32 Å². The molecule has 0 radical (unpaired) electrons. The Morgan fingerprint density at radius 1 is 1.44 bits per heavy atom. The quantitative estimate of drug-likeness (QED) is 0.844. The molecule has 1 saturated carbocycles. The van der Waals surface area contributed by atoms with Gasteiger partial charge in [-0.05, 0) is 36.3 Å². The highest BCUT2D eigenvalue weighted by Gasteiger charge is 2.14. The lowest BCUT2D eigenvalue weighted by atomic mass is 10.2. The molecule has 0 bridgehead atoms. The van der Waals surface area contributed by atoms with E-state index in [1.165, 1.54) is 37.0 Å². The number of nitrogens with one attached hydrogen (secondary N) is 1. The van der Waals surface area contributed by atoms with Crippen LogP contribution in [0.5, 0.6) is 0 Å². The maximum atomic E-state index is 4.39. The fourth-order valence-electron chi connectivity index (χ4n) is 2.14. The molecular weight excluding hydrogens is 216 g/mol. The first-order chi connectivity index (χ1) is 7.88. The molecule has 3 heteroatoms. The molecule has 0 spiro atoms. The molecule has 0 atom stereocenters. The molecule has 1 fully saturated rings. The van der Waals surface area contributed by atoms with Gasteiger partial charge in [0, 0.05) is 18.0 Å². The predicted octanol–water partition coefficient (Wildman–Crippen LogP) is 3.69. The van der Waals surface area contributed by atoms with Crippen molar-refractivity contribution in [2.24, 2.45) is 0 Å². The number of pyridine rings is 1. The van der Waals surface area contributed by atoms with Crippen LogP contribution < -0.4 is 5.32 Å². The molecule has 1 aromatic heterocycles. The summed E-state index contributed by atoms with van der Waals surface area (Å²) in [6.45, 7) is 2.20. The van der Waals surface area contributed by atoms with E-state index in [9.17, 15) is 0 Å². The molecule has 2 nitrogen and oxygen atoms in total. The van der Waals surface area contributed by atoms with Gasteiger partial charge in [-0.25, -0.2) is 4.98 Å². The van der Waals surface area contributed by atoms with Crippen LogP contribution in [-0.2, 0) is 5.75 Å². The average Bonchev–Trinajstić information content (AvgIpc) is 2.80. The van der Waals surface area contributed by atoms with Crippen LogP contribution in [-0.4, -0.2) is 16.8 Å². The topological polar surface area (TPSA) is 24.9 Å². The fourth-order valence-corrected chi connectivity index (χ4v) is 2.76. The molecule has 1 N–H and O–H groups in total. The van der Waals surface area contributed by atoms with Crippen LogP contribution in [0.25, 0.3) is 0 Å². The number of rotatable bonds is 5. The van der Waals surface area contributed by atoms with Gasteiger partial charge in [-0.15, -0.1) is 0 Å². The molecule has 0 unspecified atom stereocenters. The van der Waals surface area contributed by atoms with Crippen LogP contribution >= 0.6 is 11.8 Å². The Morgan fingerprint density at radius 3 is 3.00 bits per heavy atom. The predicted molar refractivity (Wildman–Crippen MR) is 72.0 cm³/mol. The second kappa shape index (κ2) is 6.14. The van der Waals surface area contributed by atoms with E-state index in [-0.39, 0.29) is 0 Å². The van der Waals surface area contributed by atoms with Crippen molar-refractivity contribution in [3.63, 3.8) is 0 Å². The highest BCUT2D eigenvalue weighted by molar-refractivity contribution is 7.98. The maximum absolute atomic E-state index is 4.39. The summed E-state index contributed by atoms with van der Waals surface area (Å²) in [7, 11) is 0. The largest absolute Gasteiger partial charge is 0.367 e. The zero-order valence-electron chi connectivity index (χ0n) is 9.91. The van der Waals surface area contributed by atoms with Crippen LogP contribution in [0.4, 0.5) is 5.82 Å². The third kappa shape index (κ3) is 3.41. The Labute approximate surface area is 102 Å². The molecule has 1 aliphatic rings. The van der Waals surface area contributed by atoms with Crippen molar-refractivity contribution in [2.45, 2.75) is 44.4 Å². The van der Waals surface area contributed by atoms with E-state index in [2.05, 4.69) is 29.4 Å². The van der Waals surface area contributed by atoms with Gasteiger partial charge in [-0.1, -0.05) is 19.8 Å². The van der Waals surface area contributed by atoms with Gasteiger partial charge in [0.25, 0.3) is 0 Å². The van der Waals surface area contributed by atoms with E-state index in [4.69, 9.17) is 0 Å². The van der Waals surface area contributed by atoms with E-state index in [0.29, 0.717) is 6.04 Å². The molecular formula is C13H20N2S. The summed E-state index contributed by atoms with van der Waals surface area (Å²) < 4.78 is 0. The van der Waals surface area contributed by atoms with Crippen molar-refractivity contribution in [1.29, 1.82) is 0 Å². The standard InChI is InChI=1S/C13H20N2S/c1-2-16-10-11-7-8-14-13(9-11)15-12-5-3-4-6-12/h7-9,12H,2-6,10H2,1H3,(H,14,15). The summed E-state index contributed by atoms with van der Waals surface area (Å²) in [5, 5.41) is 3.54. The van der Waals surface area contributed by atoms with E-state index >= 15 is 0 Å². The normalized spacial score (nSPS) is 16.6. The fraction of sp³-hybridized carbons (Fsp3) is 0.615. The van der Waals surface area contributed by atoms with Crippen LogP contribution in [0.1, 0.15) is 38.2 Å². The minimum Gasteiger partial charge on any atom is -0.367 e. The third-order valence-corrected chi connectivity index (χ3v) is 3.95. The van der Waals surface area contributed by atoms with Gasteiger partial charge in [0.15, 0.2) is 0 Å². The Bertz CT molecular complexity index is 321. The van der Waals surface area contributed by atoms with Gasteiger partial charge >= 0.3 is 0 Å². The second-order valence-corrected chi connectivity index (χ2v) is 5.59. The summed E-state index contributed by atoms with van der Waals surface area (Å²) in [4.78, 5) is 4.39. The first-order valence-corrected chi connectivity index (χ1v) is 7.33. The SMILES string of the molecule is CCSCc1ccnc(NC2CCCC2)c1. The van der Waals surface area contributed by atoms with E-state index in [1.54, 1.807) is 0 Å². The Morgan fingerprint density at radius 2 is 2.25 bits per heavy atom. The molecule has 1 aromatic rings. The van der Waals surface area contributed by atoms with E-state index in [1.807, 2.05) is 18.0 Å². The monoisotopic (exact) mass is 236 g/mol. The lowest BCUT2D eigenvalue weighted by Gasteiger charge is -2.13.